The zero-order valence-corrected chi connectivity index (χ0v) is 12.4. The van der Waals surface area contributed by atoms with Crippen molar-refractivity contribution in [1.82, 2.24) is 5.32 Å². The van der Waals surface area contributed by atoms with E-state index >= 15 is 0 Å². The van der Waals surface area contributed by atoms with Crippen LogP contribution in [0.1, 0.15) is 43.6 Å². The monoisotopic (exact) mass is 268 g/mol. The molecule has 0 heterocycles. The van der Waals surface area contributed by atoms with Crippen molar-refractivity contribution in [3.05, 3.63) is 28.3 Å². The van der Waals surface area contributed by atoms with Crippen LogP contribution in [-0.4, -0.2) is 19.5 Å². The maximum Gasteiger partial charge on any atom is 0.253 e. The molecular formula is C14H21ClN2O. The number of halogens is 1. The number of nitrogens with one attached hydrogen (secondary N) is 2. The van der Waals surface area contributed by atoms with Crippen molar-refractivity contribution in [3.8, 4) is 0 Å². The molecule has 0 saturated heterocycles. The molecule has 0 bridgehead atoms. The predicted molar refractivity (Wildman–Crippen MR) is 77.7 cm³/mol. The maximum absolute atomic E-state index is 12.2. The van der Waals surface area contributed by atoms with Gasteiger partial charge in [-0.2, -0.15) is 0 Å². The molecule has 1 rings (SSSR count). The fourth-order valence-electron chi connectivity index (χ4n) is 1.87. The summed E-state index contributed by atoms with van der Waals surface area (Å²) in [4.78, 5) is 12.2. The Morgan fingerprint density at radius 3 is 2.39 bits per heavy atom. The van der Waals surface area contributed by atoms with Crippen molar-refractivity contribution in [1.29, 1.82) is 0 Å². The first-order valence-electron chi connectivity index (χ1n) is 6.11. The topological polar surface area (TPSA) is 41.1 Å². The summed E-state index contributed by atoms with van der Waals surface area (Å²) in [5.41, 5.74) is 2.16. The average Bonchev–Trinajstić information content (AvgIpc) is 2.27. The van der Waals surface area contributed by atoms with E-state index in [1.54, 1.807) is 7.05 Å². The molecule has 0 fully saturated rings. The van der Waals surface area contributed by atoms with Crippen LogP contribution in [0, 0.1) is 0 Å². The number of hydrogen-bond donors (Lipinski definition) is 2. The summed E-state index contributed by atoms with van der Waals surface area (Å²) < 4.78 is 0. The Bertz CT molecular complexity index is 450. The van der Waals surface area contributed by atoms with Crippen LogP contribution < -0.4 is 10.6 Å². The molecule has 0 spiro atoms. The van der Waals surface area contributed by atoms with E-state index in [4.69, 9.17) is 11.6 Å². The molecule has 0 radical (unpaired) electrons. The summed E-state index contributed by atoms with van der Waals surface area (Å²) >= 11 is 6.33. The van der Waals surface area contributed by atoms with E-state index in [-0.39, 0.29) is 11.3 Å². The van der Waals surface area contributed by atoms with Gasteiger partial charge in [0, 0.05) is 13.6 Å². The van der Waals surface area contributed by atoms with Gasteiger partial charge in [0.15, 0.2) is 0 Å². The summed E-state index contributed by atoms with van der Waals surface area (Å²) in [6, 6.07) is 3.87. The highest BCUT2D eigenvalue weighted by molar-refractivity contribution is 6.36. The Hall–Kier alpha value is -1.22. The molecule has 18 heavy (non-hydrogen) atoms. The number of rotatable bonds is 3. The molecule has 0 atom stereocenters. The van der Waals surface area contributed by atoms with Gasteiger partial charge in [-0.25, -0.2) is 0 Å². The molecule has 0 unspecified atom stereocenters. The first kappa shape index (κ1) is 14.8. The van der Waals surface area contributed by atoms with Gasteiger partial charge in [-0.1, -0.05) is 38.4 Å². The van der Waals surface area contributed by atoms with E-state index in [9.17, 15) is 4.79 Å². The third kappa shape index (κ3) is 2.96. The van der Waals surface area contributed by atoms with E-state index in [0.29, 0.717) is 17.1 Å². The summed E-state index contributed by atoms with van der Waals surface area (Å²) in [7, 11) is 1.79. The Kier molecular flexibility index (Phi) is 4.63. The Balaban J connectivity index is 3.45. The molecule has 0 aliphatic rings. The van der Waals surface area contributed by atoms with Crippen LogP contribution in [0.5, 0.6) is 0 Å². The normalized spacial score (nSPS) is 11.2. The van der Waals surface area contributed by atoms with Gasteiger partial charge >= 0.3 is 0 Å². The molecule has 0 aliphatic carbocycles. The standard InChI is InChI=1S/C14H21ClN2O/c1-6-17-13(18)11-9(14(2,3)4)7-8-10(16-5)12(11)15/h7-8,16H,6H2,1-5H3,(H,17,18). The van der Waals surface area contributed by atoms with Gasteiger partial charge in [0.25, 0.3) is 5.91 Å². The molecule has 0 aliphatic heterocycles. The van der Waals surface area contributed by atoms with E-state index in [0.717, 1.165) is 11.3 Å². The van der Waals surface area contributed by atoms with Crippen LogP contribution in [0.15, 0.2) is 12.1 Å². The Morgan fingerprint density at radius 1 is 1.33 bits per heavy atom. The average molecular weight is 269 g/mol. The van der Waals surface area contributed by atoms with Gasteiger partial charge in [-0.05, 0) is 24.0 Å². The van der Waals surface area contributed by atoms with Gasteiger partial charge in [0.2, 0.25) is 0 Å². The third-order valence-electron chi connectivity index (χ3n) is 2.78. The molecule has 100 valence electrons. The molecule has 1 aromatic carbocycles. The van der Waals surface area contributed by atoms with E-state index in [1.807, 2.05) is 19.1 Å². The minimum atomic E-state index is -0.129. The molecule has 1 aromatic rings. The van der Waals surface area contributed by atoms with Gasteiger partial charge in [0.05, 0.1) is 16.3 Å². The largest absolute Gasteiger partial charge is 0.387 e. The highest BCUT2D eigenvalue weighted by atomic mass is 35.5. The van der Waals surface area contributed by atoms with Crippen molar-refractivity contribution in [2.24, 2.45) is 0 Å². The summed E-state index contributed by atoms with van der Waals surface area (Å²) in [6.45, 7) is 8.69. The van der Waals surface area contributed by atoms with E-state index in [2.05, 4.69) is 31.4 Å². The lowest BCUT2D eigenvalue weighted by molar-refractivity contribution is 0.0954. The second kappa shape index (κ2) is 5.61. The van der Waals surface area contributed by atoms with Gasteiger partial charge in [-0.3, -0.25) is 4.79 Å². The number of carbonyl (C=O) groups is 1. The molecule has 0 aromatic heterocycles. The van der Waals surface area contributed by atoms with Crippen LogP contribution in [0.3, 0.4) is 0 Å². The van der Waals surface area contributed by atoms with Crippen LogP contribution in [0.2, 0.25) is 5.02 Å². The highest BCUT2D eigenvalue weighted by Crippen LogP contribution is 2.34. The summed E-state index contributed by atoms with van der Waals surface area (Å²) in [6.07, 6.45) is 0. The Labute approximate surface area is 114 Å². The molecule has 3 nitrogen and oxygen atoms in total. The number of benzene rings is 1. The van der Waals surface area contributed by atoms with E-state index < -0.39 is 0 Å². The zero-order valence-electron chi connectivity index (χ0n) is 11.6. The van der Waals surface area contributed by atoms with Crippen LogP contribution in [-0.2, 0) is 5.41 Å². The van der Waals surface area contributed by atoms with Crippen molar-refractivity contribution in [2.75, 3.05) is 18.9 Å². The maximum atomic E-state index is 12.2. The number of carbonyl (C=O) groups excluding carboxylic acids is 1. The molecule has 4 heteroatoms. The summed E-state index contributed by atoms with van der Waals surface area (Å²) in [5.74, 6) is -0.121. The smallest absolute Gasteiger partial charge is 0.253 e. The minimum Gasteiger partial charge on any atom is -0.387 e. The Morgan fingerprint density at radius 2 is 1.94 bits per heavy atom. The summed E-state index contributed by atoms with van der Waals surface area (Å²) in [5, 5.41) is 6.30. The van der Waals surface area contributed by atoms with Crippen LogP contribution in [0.4, 0.5) is 5.69 Å². The SMILES string of the molecule is CCNC(=O)c1c(C(C)(C)C)ccc(NC)c1Cl. The zero-order chi connectivity index (χ0) is 13.9. The first-order valence-corrected chi connectivity index (χ1v) is 6.49. The van der Waals surface area contributed by atoms with Crippen molar-refractivity contribution in [3.63, 3.8) is 0 Å². The third-order valence-corrected chi connectivity index (χ3v) is 3.18. The molecule has 1 amide bonds. The molecule has 0 saturated carbocycles. The number of hydrogen-bond acceptors (Lipinski definition) is 2. The van der Waals surface area contributed by atoms with Crippen LogP contribution in [0.25, 0.3) is 0 Å². The van der Waals surface area contributed by atoms with Crippen LogP contribution >= 0.6 is 11.6 Å². The quantitative estimate of drug-likeness (QED) is 0.882. The predicted octanol–water partition coefficient (Wildman–Crippen LogP) is 3.43. The van der Waals surface area contributed by atoms with Crippen molar-refractivity contribution >= 4 is 23.2 Å². The second-order valence-electron chi connectivity index (χ2n) is 5.21. The lowest BCUT2D eigenvalue weighted by Crippen LogP contribution is -2.27. The van der Waals surface area contributed by atoms with Gasteiger partial charge in [0.1, 0.15) is 0 Å². The second-order valence-corrected chi connectivity index (χ2v) is 5.59. The number of amides is 1. The van der Waals surface area contributed by atoms with Gasteiger partial charge < -0.3 is 10.6 Å². The first-order chi connectivity index (χ1) is 8.32. The lowest BCUT2D eigenvalue weighted by Gasteiger charge is -2.24. The molecule has 2 N–H and O–H groups in total. The number of anilines is 1. The fourth-order valence-corrected chi connectivity index (χ4v) is 2.21. The van der Waals surface area contributed by atoms with E-state index in [1.165, 1.54) is 0 Å². The highest BCUT2D eigenvalue weighted by Gasteiger charge is 2.25. The fraction of sp³-hybridized carbons (Fsp3) is 0.500. The van der Waals surface area contributed by atoms with Crippen molar-refractivity contribution in [2.45, 2.75) is 33.1 Å². The lowest BCUT2D eigenvalue weighted by atomic mass is 9.83. The van der Waals surface area contributed by atoms with Gasteiger partial charge in [-0.15, -0.1) is 0 Å². The van der Waals surface area contributed by atoms with Crippen molar-refractivity contribution < 1.29 is 4.79 Å². The molecular weight excluding hydrogens is 248 g/mol. The minimum absolute atomic E-state index is 0.121.